The highest BCUT2D eigenvalue weighted by atomic mass is 32.3. The second kappa shape index (κ2) is 10.9. The van der Waals surface area contributed by atoms with Gasteiger partial charge in [-0.3, -0.25) is 9.59 Å². The maximum absolute atomic E-state index is 10.6. The van der Waals surface area contributed by atoms with Gasteiger partial charge in [-0.1, -0.05) is 47.0 Å². The van der Waals surface area contributed by atoms with E-state index in [-0.39, 0.29) is 0 Å². The van der Waals surface area contributed by atoms with Crippen LogP contribution in [0.5, 0.6) is 0 Å². The Morgan fingerprint density at radius 3 is 1.48 bits per heavy atom. The van der Waals surface area contributed by atoms with Crippen molar-refractivity contribution in [2.45, 2.75) is 0 Å². The summed E-state index contributed by atoms with van der Waals surface area (Å²) in [6, 6.07) is 0. The lowest BCUT2D eigenvalue weighted by Crippen LogP contribution is -1.74. The van der Waals surface area contributed by atoms with E-state index in [1.54, 1.807) is 82.7 Å². The molecule has 0 spiro atoms. The zero-order chi connectivity index (χ0) is 16.7. The van der Waals surface area contributed by atoms with Crippen LogP contribution in [0, 0.1) is 0 Å². The molecule has 0 aromatic rings. The van der Waals surface area contributed by atoms with Gasteiger partial charge in [0.05, 0.1) is 25.4 Å². The Morgan fingerprint density at radius 2 is 1.13 bits per heavy atom. The van der Waals surface area contributed by atoms with Crippen molar-refractivity contribution in [3.8, 4) is 0 Å². The van der Waals surface area contributed by atoms with Gasteiger partial charge in [-0.05, 0) is 24.7 Å². The topological polar surface area (TPSA) is 34.1 Å². The van der Waals surface area contributed by atoms with Crippen molar-refractivity contribution in [3.05, 3.63) is 37.6 Å². The molecule has 0 unspecified atom stereocenters. The molecule has 0 fully saturated rings. The van der Waals surface area contributed by atoms with Crippen molar-refractivity contribution in [1.82, 2.24) is 0 Å². The van der Waals surface area contributed by atoms with Gasteiger partial charge in [0.25, 0.3) is 0 Å². The number of aldehydes is 2. The van der Waals surface area contributed by atoms with E-state index in [0.29, 0.717) is 0 Å². The number of rotatable bonds is 8. The minimum Gasteiger partial charge on any atom is -0.298 e. The molecule has 0 aromatic heterocycles. The predicted octanol–water partition coefficient (Wildman–Crippen LogP) is 6.43. The van der Waals surface area contributed by atoms with Crippen LogP contribution < -0.4 is 0 Å². The summed E-state index contributed by atoms with van der Waals surface area (Å²) in [5.41, 5.74) is 0. The molecule has 0 atom stereocenters. The van der Waals surface area contributed by atoms with E-state index < -0.39 is 0 Å². The SMILES string of the molecule is CSC1=C(SCSC2=C(SC)S/C(=C\C=O)S2)S/C(=C\C=O)S1. The van der Waals surface area contributed by atoms with Gasteiger partial charge < -0.3 is 0 Å². The molecule has 10 heteroatoms. The minimum atomic E-state index is 0.846. The molecule has 0 saturated heterocycles. The van der Waals surface area contributed by atoms with Crippen molar-refractivity contribution in [2.75, 3.05) is 17.6 Å². The quantitative estimate of drug-likeness (QED) is 0.231. The lowest BCUT2D eigenvalue weighted by molar-refractivity contribution is -0.104. The van der Waals surface area contributed by atoms with E-state index in [4.69, 9.17) is 0 Å². The summed E-state index contributed by atoms with van der Waals surface area (Å²) in [5.74, 6) is 0. The van der Waals surface area contributed by atoms with E-state index in [1.165, 1.54) is 16.9 Å². The summed E-state index contributed by atoms with van der Waals surface area (Å²) in [5, 5.41) is 0.919. The molecule has 0 amide bonds. The molecule has 0 N–H and O–H groups in total. The summed E-state index contributed by atoms with van der Waals surface area (Å²) < 4.78 is 7.17. The first-order chi connectivity index (χ1) is 11.2. The first-order valence-electron chi connectivity index (χ1n) is 6.06. The number of carbonyl (C=O) groups excluding carboxylic acids is 2. The number of carbonyl (C=O) groups is 2. The van der Waals surface area contributed by atoms with Crippen LogP contribution in [0.1, 0.15) is 0 Å². The fourth-order valence-corrected chi connectivity index (χ4v) is 12.4. The van der Waals surface area contributed by atoms with Gasteiger partial charge in [-0.2, -0.15) is 0 Å². The van der Waals surface area contributed by atoms with Gasteiger partial charge in [0.2, 0.25) is 0 Å². The Labute approximate surface area is 170 Å². The fourth-order valence-electron chi connectivity index (χ4n) is 1.38. The van der Waals surface area contributed by atoms with Gasteiger partial charge in [0.1, 0.15) is 12.6 Å². The van der Waals surface area contributed by atoms with Crippen LogP contribution >= 0.6 is 94.1 Å². The second-order valence-corrected chi connectivity index (χ2v) is 13.3. The second-order valence-electron chi connectivity index (χ2n) is 3.62. The Hall–Kier alpha value is 1.10. The molecular formula is C13H12O2S8. The van der Waals surface area contributed by atoms with Crippen LogP contribution in [-0.4, -0.2) is 30.2 Å². The maximum atomic E-state index is 10.6. The van der Waals surface area contributed by atoms with Crippen molar-refractivity contribution in [2.24, 2.45) is 0 Å². The molecule has 2 aliphatic rings. The molecule has 0 bridgehead atoms. The summed E-state index contributed by atoms with van der Waals surface area (Å²) >= 11 is 13.8. The van der Waals surface area contributed by atoms with Crippen molar-refractivity contribution in [1.29, 1.82) is 0 Å². The van der Waals surface area contributed by atoms with Crippen molar-refractivity contribution < 1.29 is 9.59 Å². The Kier molecular flexibility index (Phi) is 9.72. The predicted molar refractivity (Wildman–Crippen MR) is 120 cm³/mol. The summed E-state index contributed by atoms with van der Waals surface area (Å²) in [6.07, 6.45) is 9.07. The van der Waals surface area contributed by atoms with Gasteiger partial charge >= 0.3 is 0 Å². The maximum Gasteiger partial charge on any atom is 0.144 e. The third-order valence-electron chi connectivity index (χ3n) is 2.27. The molecule has 2 nitrogen and oxygen atoms in total. The normalized spacial score (nSPS) is 21.8. The van der Waals surface area contributed by atoms with Gasteiger partial charge in [0, 0.05) is 5.08 Å². The molecule has 0 aliphatic carbocycles. The molecule has 124 valence electrons. The fraction of sp³-hybridized carbons (Fsp3) is 0.231. The molecule has 0 radical (unpaired) electrons. The number of thioether (sulfide) groups is 8. The van der Waals surface area contributed by atoms with Crippen LogP contribution in [0.25, 0.3) is 0 Å². The van der Waals surface area contributed by atoms with E-state index in [9.17, 15) is 9.59 Å². The molecule has 0 aromatic carbocycles. The summed E-state index contributed by atoms with van der Waals surface area (Å²) in [4.78, 5) is 21.2. The highest BCUT2D eigenvalue weighted by molar-refractivity contribution is 8.44. The number of allylic oxidation sites excluding steroid dienone is 2. The lowest BCUT2D eigenvalue weighted by Gasteiger charge is -2.04. The standard InChI is InChI=1S/C13H12O2S8/c1-16-10-12(22-8(20-10)3-5-14)18-7-19-13-11(17-2)21-9(23-13)4-6-15/h3-6H,7H2,1-2H3/b8-3-,9-4+. The van der Waals surface area contributed by atoms with Crippen LogP contribution in [0.15, 0.2) is 37.6 Å². The average Bonchev–Trinajstić information content (AvgIpc) is 3.12. The van der Waals surface area contributed by atoms with Crippen LogP contribution in [0.3, 0.4) is 0 Å². The van der Waals surface area contributed by atoms with Crippen LogP contribution in [-0.2, 0) is 9.59 Å². The van der Waals surface area contributed by atoms with E-state index >= 15 is 0 Å². The first-order valence-corrected chi connectivity index (χ1v) is 13.7. The summed E-state index contributed by atoms with van der Waals surface area (Å²) in [7, 11) is 0. The Morgan fingerprint density at radius 1 is 0.739 bits per heavy atom. The molecule has 23 heavy (non-hydrogen) atoms. The molecule has 2 rings (SSSR count). The molecular weight excluding hydrogens is 445 g/mol. The smallest absolute Gasteiger partial charge is 0.144 e. The van der Waals surface area contributed by atoms with E-state index in [1.807, 2.05) is 23.5 Å². The third kappa shape index (κ3) is 6.09. The zero-order valence-electron chi connectivity index (χ0n) is 12.1. The largest absolute Gasteiger partial charge is 0.298 e. The zero-order valence-corrected chi connectivity index (χ0v) is 18.6. The van der Waals surface area contributed by atoms with Crippen molar-refractivity contribution >= 4 is 107 Å². The Bertz CT molecular complexity index is 553. The van der Waals surface area contributed by atoms with Gasteiger partial charge in [-0.25, -0.2) is 0 Å². The number of hydrogen-bond donors (Lipinski definition) is 0. The van der Waals surface area contributed by atoms with Crippen LogP contribution in [0.4, 0.5) is 0 Å². The number of hydrogen-bond acceptors (Lipinski definition) is 10. The highest BCUT2D eigenvalue weighted by Crippen LogP contribution is 2.59. The monoisotopic (exact) mass is 456 g/mol. The average molecular weight is 457 g/mol. The van der Waals surface area contributed by atoms with E-state index in [2.05, 4.69) is 12.5 Å². The Balaban J connectivity index is 1.91. The van der Waals surface area contributed by atoms with Gasteiger partial charge in [0.15, 0.2) is 0 Å². The van der Waals surface area contributed by atoms with Crippen LogP contribution in [0.2, 0.25) is 0 Å². The lowest BCUT2D eigenvalue weighted by atomic mass is 10.7. The third-order valence-corrected chi connectivity index (χ3v) is 12.9. The first kappa shape index (κ1) is 20.4. The molecule has 2 heterocycles. The molecule has 2 aliphatic heterocycles. The van der Waals surface area contributed by atoms with Crippen molar-refractivity contribution in [3.63, 3.8) is 0 Å². The van der Waals surface area contributed by atoms with Gasteiger partial charge in [-0.15, -0.1) is 47.0 Å². The minimum absolute atomic E-state index is 0.846. The summed E-state index contributed by atoms with van der Waals surface area (Å²) in [6.45, 7) is 0. The van der Waals surface area contributed by atoms with E-state index in [0.717, 1.165) is 26.1 Å². The molecule has 0 saturated carbocycles. The highest BCUT2D eigenvalue weighted by Gasteiger charge is 2.23.